The van der Waals surface area contributed by atoms with Gasteiger partial charge in [0.15, 0.2) is 5.78 Å². The van der Waals surface area contributed by atoms with Crippen molar-refractivity contribution in [2.75, 3.05) is 0 Å². The van der Waals surface area contributed by atoms with E-state index in [1.165, 1.54) is 24.4 Å². The summed E-state index contributed by atoms with van der Waals surface area (Å²) in [6.07, 6.45) is 1.53. The van der Waals surface area contributed by atoms with Crippen molar-refractivity contribution in [3.8, 4) is 11.3 Å². The largest absolute Gasteiger partial charge is 0.294 e. The fourth-order valence-corrected chi connectivity index (χ4v) is 2.89. The van der Waals surface area contributed by atoms with Gasteiger partial charge in [0.05, 0.1) is 10.6 Å². The summed E-state index contributed by atoms with van der Waals surface area (Å²) in [6, 6.07) is 17.7. The minimum atomic E-state index is -4.33. The summed E-state index contributed by atoms with van der Waals surface area (Å²) in [5.74, 6) is -0.212. The van der Waals surface area contributed by atoms with Gasteiger partial charge >= 0.3 is 0 Å². The number of pyridine rings is 1. The summed E-state index contributed by atoms with van der Waals surface area (Å²) in [5, 5.41) is 0. The molecule has 0 aliphatic rings. The summed E-state index contributed by atoms with van der Waals surface area (Å²) in [4.78, 5) is 16.7. The molecule has 6 heteroatoms. The molecule has 0 atom stereocenters. The molecule has 1 N–H and O–H groups in total. The van der Waals surface area contributed by atoms with E-state index in [1.54, 1.807) is 42.5 Å². The minimum absolute atomic E-state index is 0.212. The summed E-state index contributed by atoms with van der Waals surface area (Å²) < 4.78 is 31.9. The predicted octanol–water partition coefficient (Wildman–Crippen LogP) is 3.23. The lowest BCUT2D eigenvalue weighted by molar-refractivity contribution is 0.103. The molecule has 1 heterocycles. The first-order chi connectivity index (χ1) is 11.5. The van der Waals surface area contributed by atoms with Crippen molar-refractivity contribution < 1.29 is 17.8 Å². The van der Waals surface area contributed by atoms with Crippen LogP contribution in [-0.4, -0.2) is 23.7 Å². The van der Waals surface area contributed by atoms with E-state index in [0.29, 0.717) is 22.4 Å². The Morgan fingerprint density at radius 2 is 1.67 bits per heavy atom. The number of benzene rings is 2. The maximum absolute atomic E-state index is 12.7. The standard InChI is InChI=1S/C18H13NO4S/c20-18(13-6-2-1-3-7-13)16-10-5-11-19-17(16)14-8-4-9-15(12-14)24(21,22)23/h1-12H,(H,21,22,23). The van der Waals surface area contributed by atoms with Crippen LogP contribution in [-0.2, 0) is 10.1 Å². The smallest absolute Gasteiger partial charge is 0.289 e. The second-order valence-electron chi connectivity index (χ2n) is 5.10. The summed E-state index contributed by atoms with van der Waals surface area (Å²) in [5.41, 5.74) is 1.66. The molecular formula is C18H13NO4S. The topological polar surface area (TPSA) is 84.3 Å². The van der Waals surface area contributed by atoms with Gasteiger partial charge in [0.2, 0.25) is 0 Å². The van der Waals surface area contributed by atoms with Gasteiger partial charge in [-0.1, -0.05) is 42.5 Å². The van der Waals surface area contributed by atoms with Crippen molar-refractivity contribution in [3.05, 3.63) is 84.1 Å². The number of nitrogens with zero attached hydrogens (tertiary/aromatic N) is 1. The normalized spacial score (nSPS) is 11.2. The third-order valence-corrected chi connectivity index (χ3v) is 4.34. The van der Waals surface area contributed by atoms with E-state index in [1.807, 2.05) is 6.07 Å². The number of rotatable bonds is 4. The highest BCUT2D eigenvalue weighted by molar-refractivity contribution is 7.85. The molecule has 24 heavy (non-hydrogen) atoms. The van der Waals surface area contributed by atoms with Crippen LogP contribution in [0, 0.1) is 0 Å². The number of ketones is 1. The second kappa shape index (κ2) is 6.35. The van der Waals surface area contributed by atoms with Crippen LogP contribution in [0.25, 0.3) is 11.3 Å². The first kappa shape index (κ1) is 16.0. The fraction of sp³-hybridized carbons (Fsp3) is 0. The van der Waals surface area contributed by atoms with E-state index in [0.717, 1.165) is 0 Å². The molecule has 0 saturated heterocycles. The Morgan fingerprint density at radius 1 is 0.917 bits per heavy atom. The zero-order valence-electron chi connectivity index (χ0n) is 12.5. The monoisotopic (exact) mass is 339 g/mol. The fourth-order valence-electron chi connectivity index (χ4n) is 2.37. The van der Waals surface area contributed by atoms with Crippen LogP contribution in [0.5, 0.6) is 0 Å². The maximum atomic E-state index is 12.7. The first-order valence-corrected chi connectivity index (χ1v) is 8.53. The maximum Gasteiger partial charge on any atom is 0.294 e. The highest BCUT2D eigenvalue weighted by Gasteiger charge is 2.17. The number of hydrogen-bond acceptors (Lipinski definition) is 4. The Morgan fingerprint density at radius 3 is 2.38 bits per heavy atom. The molecule has 0 fully saturated rings. The Balaban J connectivity index is 2.13. The Bertz CT molecular complexity index is 998. The average Bonchev–Trinajstić information content (AvgIpc) is 2.61. The molecule has 0 radical (unpaired) electrons. The summed E-state index contributed by atoms with van der Waals surface area (Å²) in [6.45, 7) is 0. The van der Waals surface area contributed by atoms with Crippen molar-refractivity contribution in [2.45, 2.75) is 4.90 Å². The van der Waals surface area contributed by atoms with Crippen LogP contribution in [0.15, 0.2) is 77.8 Å². The third kappa shape index (κ3) is 3.24. The molecule has 5 nitrogen and oxygen atoms in total. The van der Waals surface area contributed by atoms with E-state index in [9.17, 15) is 17.8 Å². The zero-order chi connectivity index (χ0) is 17.2. The molecule has 2 aromatic carbocycles. The van der Waals surface area contributed by atoms with Gasteiger partial charge in [-0.05, 0) is 24.3 Å². The van der Waals surface area contributed by atoms with E-state index < -0.39 is 10.1 Å². The van der Waals surface area contributed by atoms with E-state index >= 15 is 0 Å². The molecule has 0 aliphatic carbocycles. The zero-order valence-corrected chi connectivity index (χ0v) is 13.3. The molecule has 0 bridgehead atoms. The van der Waals surface area contributed by atoms with Crippen molar-refractivity contribution >= 4 is 15.9 Å². The van der Waals surface area contributed by atoms with Crippen molar-refractivity contribution in [1.29, 1.82) is 0 Å². The van der Waals surface area contributed by atoms with Gasteiger partial charge in [-0.15, -0.1) is 0 Å². The number of hydrogen-bond donors (Lipinski definition) is 1. The number of aromatic nitrogens is 1. The molecule has 0 unspecified atom stereocenters. The highest BCUT2D eigenvalue weighted by atomic mass is 32.2. The van der Waals surface area contributed by atoms with E-state index in [2.05, 4.69) is 4.98 Å². The van der Waals surface area contributed by atoms with Gasteiger partial charge in [0, 0.05) is 22.9 Å². The Kier molecular flexibility index (Phi) is 4.24. The first-order valence-electron chi connectivity index (χ1n) is 7.09. The van der Waals surface area contributed by atoms with Crippen LogP contribution in [0.1, 0.15) is 15.9 Å². The van der Waals surface area contributed by atoms with Gasteiger partial charge in [-0.25, -0.2) is 0 Å². The van der Waals surface area contributed by atoms with E-state index in [-0.39, 0.29) is 10.7 Å². The Hall–Kier alpha value is -2.83. The van der Waals surface area contributed by atoms with Gasteiger partial charge in [0.25, 0.3) is 10.1 Å². The lowest BCUT2D eigenvalue weighted by Gasteiger charge is -2.09. The number of carbonyl (C=O) groups excluding carboxylic acids is 1. The lowest BCUT2D eigenvalue weighted by Crippen LogP contribution is -2.05. The van der Waals surface area contributed by atoms with Crippen LogP contribution in [0.2, 0.25) is 0 Å². The van der Waals surface area contributed by atoms with Gasteiger partial charge < -0.3 is 0 Å². The molecule has 120 valence electrons. The predicted molar refractivity (Wildman–Crippen MR) is 89.4 cm³/mol. The van der Waals surface area contributed by atoms with E-state index in [4.69, 9.17) is 0 Å². The van der Waals surface area contributed by atoms with Crippen LogP contribution < -0.4 is 0 Å². The van der Waals surface area contributed by atoms with Crippen molar-refractivity contribution in [2.24, 2.45) is 0 Å². The van der Waals surface area contributed by atoms with Crippen molar-refractivity contribution in [1.82, 2.24) is 4.98 Å². The molecule has 0 saturated carbocycles. The Labute approximate surface area is 139 Å². The summed E-state index contributed by atoms with van der Waals surface area (Å²) >= 11 is 0. The second-order valence-corrected chi connectivity index (χ2v) is 6.52. The molecule has 3 aromatic rings. The molecule has 0 amide bonds. The summed E-state index contributed by atoms with van der Waals surface area (Å²) in [7, 11) is -4.33. The minimum Gasteiger partial charge on any atom is -0.289 e. The lowest BCUT2D eigenvalue weighted by atomic mass is 9.98. The third-order valence-electron chi connectivity index (χ3n) is 3.49. The van der Waals surface area contributed by atoms with Crippen LogP contribution in [0.3, 0.4) is 0 Å². The van der Waals surface area contributed by atoms with Crippen LogP contribution >= 0.6 is 0 Å². The van der Waals surface area contributed by atoms with Crippen LogP contribution in [0.4, 0.5) is 0 Å². The molecule has 1 aromatic heterocycles. The quantitative estimate of drug-likeness (QED) is 0.583. The molecular weight excluding hydrogens is 326 g/mol. The average molecular weight is 339 g/mol. The SMILES string of the molecule is O=C(c1ccccc1)c1cccnc1-c1cccc(S(=O)(=O)O)c1. The van der Waals surface area contributed by atoms with Gasteiger partial charge in [-0.3, -0.25) is 14.3 Å². The molecule has 3 rings (SSSR count). The molecule has 0 spiro atoms. The van der Waals surface area contributed by atoms with Gasteiger partial charge in [0.1, 0.15) is 0 Å². The highest BCUT2D eigenvalue weighted by Crippen LogP contribution is 2.25. The van der Waals surface area contributed by atoms with Gasteiger partial charge in [-0.2, -0.15) is 8.42 Å². The number of carbonyl (C=O) groups is 1. The van der Waals surface area contributed by atoms with Crippen molar-refractivity contribution in [3.63, 3.8) is 0 Å². The molecule has 0 aliphatic heterocycles.